The van der Waals surface area contributed by atoms with Crippen molar-refractivity contribution in [2.45, 2.75) is 47.5 Å². The van der Waals surface area contributed by atoms with E-state index in [1.165, 1.54) is 25.9 Å². The summed E-state index contributed by atoms with van der Waals surface area (Å²) >= 11 is 0. The van der Waals surface area contributed by atoms with Gasteiger partial charge in [0.15, 0.2) is 5.78 Å². The molecular weight excluding hydrogens is 186 g/mol. The quantitative estimate of drug-likeness (QED) is 0.671. The monoisotopic (exact) mass is 213 g/mol. The van der Waals surface area contributed by atoms with Gasteiger partial charge < -0.3 is 0 Å². The molecule has 0 N–H and O–H groups in total. The number of ketones is 1. The average Bonchev–Trinajstić information content (AvgIpc) is 2.76. The largest absolute Gasteiger partial charge is 0.300 e. The first-order valence-corrected chi connectivity index (χ1v) is 6.18. The molecule has 1 fully saturated rings. The Morgan fingerprint density at radius 1 is 1.13 bits per heavy atom. The molecule has 2 heteroatoms. The number of rotatable bonds is 3. The summed E-state index contributed by atoms with van der Waals surface area (Å²) in [6, 6.07) is 0. The topological polar surface area (TPSA) is 20.3 Å². The summed E-state index contributed by atoms with van der Waals surface area (Å²) in [6.07, 6.45) is 6.23. The van der Waals surface area contributed by atoms with Crippen LogP contribution in [0.4, 0.5) is 0 Å². The number of hydrogen-bond donors (Lipinski definition) is 0. The number of carbonyl (C=O) groups excluding carboxylic acids is 1. The molecule has 0 aromatic carbocycles. The highest BCUT2D eigenvalue weighted by Gasteiger charge is 2.08. The summed E-state index contributed by atoms with van der Waals surface area (Å²) < 4.78 is 0. The fraction of sp³-hybridized carbons (Fsp3) is 0.769. The first-order valence-electron chi connectivity index (χ1n) is 6.18. The van der Waals surface area contributed by atoms with Crippen LogP contribution in [0.5, 0.6) is 0 Å². The van der Waals surface area contributed by atoms with E-state index >= 15 is 0 Å². The van der Waals surface area contributed by atoms with Gasteiger partial charge in [-0.2, -0.15) is 0 Å². The average molecular weight is 213 g/mol. The van der Waals surface area contributed by atoms with Crippen LogP contribution in [0, 0.1) is 0 Å². The van der Waals surface area contributed by atoms with E-state index in [1.54, 1.807) is 13.0 Å². The molecule has 90 valence electrons. The Morgan fingerprint density at radius 2 is 1.60 bits per heavy atom. The van der Waals surface area contributed by atoms with E-state index in [1.807, 2.05) is 33.8 Å². The van der Waals surface area contributed by atoms with Gasteiger partial charge in [0.25, 0.3) is 0 Å². The molecule has 1 aliphatic rings. The van der Waals surface area contributed by atoms with Crippen molar-refractivity contribution in [3.05, 3.63) is 12.2 Å². The zero-order chi connectivity index (χ0) is 12.1. The standard InChI is InChI=1S/C9H15NO.2C2H6/c1-9(11)5-4-8-10-6-2-3-7-10;2*1-2/h4-5H,2-3,6-8H2,1H3;2*1-2H3/b5-4+;;. The zero-order valence-corrected chi connectivity index (χ0v) is 11.0. The minimum atomic E-state index is 0.143. The van der Waals surface area contributed by atoms with E-state index in [0.717, 1.165) is 6.54 Å². The lowest BCUT2D eigenvalue weighted by Gasteiger charge is -2.09. The number of carbonyl (C=O) groups is 1. The number of nitrogens with zero attached hydrogens (tertiary/aromatic N) is 1. The van der Waals surface area contributed by atoms with Gasteiger partial charge in [0.1, 0.15) is 0 Å². The van der Waals surface area contributed by atoms with Crippen molar-refractivity contribution in [1.29, 1.82) is 0 Å². The maximum atomic E-state index is 10.5. The van der Waals surface area contributed by atoms with Gasteiger partial charge >= 0.3 is 0 Å². The van der Waals surface area contributed by atoms with Crippen molar-refractivity contribution in [3.8, 4) is 0 Å². The Morgan fingerprint density at radius 3 is 2.00 bits per heavy atom. The normalized spacial score (nSPS) is 15.3. The Kier molecular flexibility index (Phi) is 15.0. The van der Waals surface area contributed by atoms with Gasteiger partial charge in [0, 0.05) is 6.54 Å². The van der Waals surface area contributed by atoms with Crippen molar-refractivity contribution in [2.24, 2.45) is 0 Å². The predicted molar refractivity (Wildman–Crippen MR) is 68.2 cm³/mol. The fourth-order valence-electron chi connectivity index (χ4n) is 1.33. The van der Waals surface area contributed by atoms with Gasteiger partial charge in [-0.25, -0.2) is 0 Å². The first kappa shape index (κ1) is 16.8. The molecule has 1 saturated heterocycles. The maximum Gasteiger partial charge on any atom is 0.152 e. The van der Waals surface area contributed by atoms with Crippen LogP contribution in [0.3, 0.4) is 0 Å². The Bertz CT molecular complexity index is 158. The van der Waals surface area contributed by atoms with E-state index in [0.29, 0.717) is 0 Å². The second kappa shape index (κ2) is 13.4. The molecule has 0 atom stereocenters. The molecule has 0 bridgehead atoms. The van der Waals surface area contributed by atoms with Crippen LogP contribution in [0.25, 0.3) is 0 Å². The van der Waals surface area contributed by atoms with Crippen LogP contribution >= 0.6 is 0 Å². The third-order valence-electron chi connectivity index (χ3n) is 1.91. The summed E-state index contributed by atoms with van der Waals surface area (Å²) in [5.74, 6) is 0.143. The summed E-state index contributed by atoms with van der Waals surface area (Å²) in [6.45, 7) is 12.9. The van der Waals surface area contributed by atoms with Crippen molar-refractivity contribution in [3.63, 3.8) is 0 Å². The highest BCUT2D eigenvalue weighted by molar-refractivity contribution is 5.87. The number of hydrogen-bond acceptors (Lipinski definition) is 2. The minimum Gasteiger partial charge on any atom is -0.300 e. The van der Waals surface area contributed by atoms with Gasteiger partial charge in [-0.15, -0.1) is 0 Å². The molecule has 0 radical (unpaired) electrons. The smallest absolute Gasteiger partial charge is 0.152 e. The molecule has 1 rings (SSSR count). The Balaban J connectivity index is 0. The summed E-state index contributed by atoms with van der Waals surface area (Å²) in [4.78, 5) is 12.9. The van der Waals surface area contributed by atoms with Gasteiger partial charge in [-0.05, 0) is 38.9 Å². The second-order valence-electron chi connectivity index (χ2n) is 3.02. The summed E-state index contributed by atoms with van der Waals surface area (Å²) in [5.41, 5.74) is 0. The van der Waals surface area contributed by atoms with Gasteiger partial charge in [-0.3, -0.25) is 9.69 Å². The SMILES string of the molecule is CC.CC.CC(=O)/C=C/CN1CCCC1. The van der Waals surface area contributed by atoms with Crippen LogP contribution in [0.2, 0.25) is 0 Å². The van der Waals surface area contributed by atoms with Crippen LogP contribution in [0.1, 0.15) is 47.5 Å². The van der Waals surface area contributed by atoms with E-state index in [4.69, 9.17) is 0 Å². The molecule has 0 amide bonds. The lowest BCUT2D eigenvalue weighted by atomic mass is 10.4. The minimum absolute atomic E-state index is 0.143. The van der Waals surface area contributed by atoms with Crippen molar-refractivity contribution in [1.82, 2.24) is 4.90 Å². The molecule has 0 aliphatic carbocycles. The van der Waals surface area contributed by atoms with E-state index in [9.17, 15) is 4.79 Å². The van der Waals surface area contributed by atoms with E-state index in [-0.39, 0.29) is 5.78 Å². The van der Waals surface area contributed by atoms with Crippen molar-refractivity contribution >= 4 is 5.78 Å². The Labute approximate surface area is 95.4 Å². The zero-order valence-electron chi connectivity index (χ0n) is 11.0. The molecule has 1 aliphatic heterocycles. The first-order chi connectivity index (χ1) is 7.29. The lowest BCUT2D eigenvalue weighted by Crippen LogP contribution is -2.18. The summed E-state index contributed by atoms with van der Waals surface area (Å²) in [7, 11) is 0. The van der Waals surface area contributed by atoms with Crippen LogP contribution < -0.4 is 0 Å². The second-order valence-corrected chi connectivity index (χ2v) is 3.02. The summed E-state index contributed by atoms with van der Waals surface area (Å²) in [5, 5.41) is 0. The number of allylic oxidation sites excluding steroid dienone is 1. The van der Waals surface area contributed by atoms with Crippen molar-refractivity contribution < 1.29 is 4.79 Å². The van der Waals surface area contributed by atoms with E-state index in [2.05, 4.69) is 4.90 Å². The molecule has 0 aromatic rings. The van der Waals surface area contributed by atoms with Gasteiger partial charge in [-0.1, -0.05) is 33.8 Å². The third-order valence-corrected chi connectivity index (χ3v) is 1.91. The molecule has 0 saturated carbocycles. The molecule has 0 unspecified atom stereocenters. The third kappa shape index (κ3) is 11.3. The molecular formula is C13H27NO. The van der Waals surface area contributed by atoms with Crippen molar-refractivity contribution in [2.75, 3.05) is 19.6 Å². The highest BCUT2D eigenvalue weighted by atomic mass is 16.1. The number of likely N-dealkylation sites (tertiary alicyclic amines) is 1. The highest BCUT2D eigenvalue weighted by Crippen LogP contribution is 2.05. The molecule has 0 spiro atoms. The molecule has 1 heterocycles. The predicted octanol–water partition coefficient (Wildman–Crippen LogP) is 3.28. The fourth-order valence-corrected chi connectivity index (χ4v) is 1.33. The van der Waals surface area contributed by atoms with E-state index < -0.39 is 0 Å². The molecule has 15 heavy (non-hydrogen) atoms. The van der Waals surface area contributed by atoms with Crippen LogP contribution in [-0.2, 0) is 4.79 Å². The van der Waals surface area contributed by atoms with Crippen LogP contribution in [-0.4, -0.2) is 30.3 Å². The lowest BCUT2D eigenvalue weighted by molar-refractivity contribution is -0.112. The Hall–Kier alpha value is -0.630. The van der Waals surface area contributed by atoms with Gasteiger partial charge in [0.2, 0.25) is 0 Å². The van der Waals surface area contributed by atoms with Crippen LogP contribution in [0.15, 0.2) is 12.2 Å². The molecule has 2 nitrogen and oxygen atoms in total. The maximum absolute atomic E-state index is 10.5. The van der Waals surface area contributed by atoms with Gasteiger partial charge in [0.05, 0.1) is 0 Å². The molecule has 0 aromatic heterocycles.